The largest absolute Gasteiger partial charge is 0.379 e. The Hall–Kier alpha value is -1.75. The van der Waals surface area contributed by atoms with Crippen LogP contribution in [0.25, 0.3) is 0 Å². The fourth-order valence-corrected chi connectivity index (χ4v) is 3.93. The predicted molar refractivity (Wildman–Crippen MR) is 141 cm³/mol. The Morgan fingerprint density at radius 1 is 0.917 bits per heavy atom. The number of imide groups is 1. The van der Waals surface area contributed by atoms with Crippen LogP contribution >= 0.6 is 0 Å². The van der Waals surface area contributed by atoms with E-state index in [0.717, 1.165) is 0 Å². The van der Waals surface area contributed by atoms with E-state index < -0.39 is 11.9 Å². The highest BCUT2D eigenvalue weighted by Crippen LogP contribution is 2.25. The molecule has 2 rings (SSSR count). The minimum absolute atomic E-state index is 0.0650. The molecule has 4 amide bonds. The molecule has 0 aromatic rings. The summed E-state index contributed by atoms with van der Waals surface area (Å²) in [5.74, 6) is -0.234. The van der Waals surface area contributed by atoms with E-state index in [0.29, 0.717) is 52.4 Å². The van der Waals surface area contributed by atoms with Crippen LogP contribution in [0.1, 0.15) is 81.6 Å². The normalized spacial score (nSPS) is 19.3. The van der Waals surface area contributed by atoms with Gasteiger partial charge in [-0.25, -0.2) is 4.79 Å². The molecule has 0 radical (unpaired) electrons. The van der Waals surface area contributed by atoms with E-state index in [9.17, 15) is 19.5 Å². The summed E-state index contributed by atoms with van der Waals surface area (Å²) in [7, 11) is 0. The Labute approximate surface area is 218 Å². The van der Waals surface area contributed by atoms with Gasteiger partial charge in [-0.15, -0.1) is 0 Å². The molecule has 2 saturated heterocycles. The van der Waals surface area contributed by atoms with E-state index in [2.05, 4.69) is 13.8 Å². The quantitative estimate of drug-likeness (QED) is 0.296. The average Bonchev–Trinajstić information content (AvgIpc) is 3.30. The third-order valence-electron chi connectivity index (χ3n) is 6.02. The second kappa shape index (κ2) is 17.7. The number of aliphatic hydroxyl groups excluding tert-OH is 1. The van der Waals surface area contributed by atoms with E-state index in [1.54, 1.807) is 4.90 Å². The molecule has 0 saturated carbocycles. The number of amides is 4. The Morgan fingerprint density at radius 3 is 1.94 bits per heavy atom. The van der Waals surface area contributed by atoms with Crippen LogP contribution < -0.4 is 0 Å². The lowest BCUT2D eigenvalue weighted by Crippen LogP contribution is -2.49. The van der Waals surface area contributed by atoms with Crippen LogP contribution in [-0.4, -0.2) is 113 Å². The molecule has 0 aliphatic carbocycles. The van der Waals surface area contributed by atoms with Gasteiger partial charge in [-0.2, -0.15) is 0 Å². The van der Waals surface area contributed by atoms with Gasteiger partial charge in [0.05, 0.1) is 19.8 Å². The van der Waals surface area contributed by atoms with E-state index in [1.165, 1.54) is 21.1 Å². The maximum atomic E-state index is 12.4. The van der Waals surface area contributed by atoms with Gasteiger partial charge >= 0.3 is 6.03 Å². The fourth-order valence-electron chi connectivity index (χ4n) is 3.93. The lowest BCUT2D eigenvalue weighted by atomic mass is 9.99. The van der Waals surface area contributed by atoms with Crippen LogP contribution in [0.5, 0.6) is 0 Å². The molecular formula is C26H52N4O6. The molecule has 2 unspecified atom stereocenters. The lowest BCUT2D eigenvalue weighted by Gasteiger charge is -2.33. The van der Waals surface area contributed by atoms with E-state index in [1.807, 2.05) is 48.5 Å². The summed E-state index contributed by atoms with van der Waals surface area (Å²) in [5, 5.41) is 10.2. The summed E-state index contributed by atoms with van der Waals surface area (Å²) in [6.45, 7) is 20.9. The van der Waals surface area contributed by atoms with Gasteiger partial charge in [0.2, 0.25) is 5.91 Å². The van der Waals surface area contributed by atoms with Gasteiger partial charge < -0.3 is 24.4 Å². The van der Waals surface area contributed by atoms with Crippen molar-refractivity contribution in [2.45, 2.75) is 99.5 Å². The molecule has 0 aromatic heterocycles. The highest BCUT2D eigenvalue weighted by atomic mass is 16.5. The summed E-state index contributed by atoms with van der Waals surface area (Å²) in [6, 6.07) is -0.349. The zero-order valence-electron chi connectivity index (χ0n) is 24.2. The molecule has 10 heteroatoms. The summed E-state index contributed by atoms with van der Waals surface area (Å²) >= 11 is 0. The molecule has 0 aromatic carbocycles. The van der Waals surface area contributed by atoms with Crippen molar-refractivity contribution in [1.82, 2.24) is 19.6 Å². The predicted octanol–water partition coefficient (Wildman–Crippen LogP) is 3.13. The third-order valence-corrected chi connectivity index (χ3v) is 6.02. The Morgan fingerprint density at radius 2 is 1.47 bits per heavy atom. The maximum Gasteiger partial charge on any atom is 0.327 e. The summed E-state index contributed by atoms with van der Waals surface area (Å²) in [6.07, 6.45) is 1.56. The van der Waals surface area contributed by atoms with Gasteiger partial charge in [0.15, 0.2) is 6.35 Å². The molecule has 10 nitrogen and oxygen atoms in total. The number of hydrogen-bond acceptors (Lipinski definition) is 7. The highest BCUT2D eigenvalue weighted by Gasteiger charge is 2.43. The van der Waals surface area contributed by atoms with E-state index in [-0.39, 0.29) is 37.0 Å². The molecule has 2 heterocycles. The van der Waals surface area contributed by atoms with Crippen molar-refractivity contribution < 1.29 is 29.0 Å². The van der Waals surface area contributed by atoms with Crippen LogP contribution in [0, 0.1) is 0 Å². The highest BCUT2D eigenvalue weighted by molar-refractivity contribution is 6.02. The first-order valence-corrected chi connectivity index (χ1v) is 13.6. The Kier molecular flexibility index (Phi) is 16.8. The van der Waals surface area contributed by atoms with E-state index in [4.69, 9.17) is 9.47 Å². The van der Waals surface area contributed by atoms with Crippen LogP contribution in [0.15, 0.2) is 0 Å². The van der Waals surface area contributed by atoms with Crippen LogP contribution in [-0.2, 0) is 19.1 Å². The molecule has 212 valence electrons. The Balaban J connectivity index is 0.00000227. The molecule has 2 atom stereocenters. The summed E-state index contributed by atoms with van der Waals surface area (Å²) < 4.78 is 11.2. The number of carbonyl (C=O) groups is 3. The van der Waals surface area contributed by atoms with Gasteiger partial charge in [0, 0.05) is 37.9 Å². The smallest absolute Gasteiger partial charge is 0.327 e. The molecule has 36 heavy (non-hydrogen) atoms. The lowest BCUT2D eigenvalue weighted by molar-refractivity contribution is -0.139. The molecule has 2 aliphatic rings. The number of ether oxygens (including phenoxy) is 2. The molecule has 2 fully saturated rings. The third kappa shape index (κ3) is 9.95. The molecular weight excluding hydrogens is 464 g/mol. The van der Waals surface area contributed by atoms with Crippen LogP contribution in [0.4, 0.5) is 4.79 Å². The van der Waals surface area contributed by atoms with Crippen LogP contribution in [0.3, 0.4) is 0 Å². The maximum absolute atomic E-state index is 12.4. The van der Waals surface area contributed by atoms with Gasteiger partial charge in [0.25, 0.3) is 5.91 Å². The van der Waals surface area contributed by atoms with Crippen molar-refractivity contribution in [2.75, 3.05) is 52.6 Å². The first kappa shape index (κ1) is 34.2. The van der Waals surface area contributed by atoms with Crippen molar-refractivity contribution in [3.63, 3.8) is 0 Å². The first-order chi connectivity index (χ1) is 17.0. The van der Waals surface area contributed by atoms with Gasteiger partial charge in [0.1, 0.15) is 6.54 Å². The number of nitrogens with zero attached hydrogens (tertiary/aromatic N) is 4. The number of rotatable bonds is 13. The van der Waals surface area contributed by atoms with Crippen molar-refractivity contribution >= 4 is 17.8 Å². The van der Waals surface area contributed by atoms with Crippen molar-refractivity contribution in [3.05, 3.63) is 0 Å². The SMILES string of the molecule is CC.CCC.CCN1CC(=O)N(C(C)(C)CCOCCOCCC(C)N2C(=O)CN(CC)C2O)C1=O. The number of carbonyl (C=O) groups excluding carboxylic acids is 3. The topological polar surface area (TPSA) is 103 Å². The van der Waals surface area contributed by atoms with Crippen molar-refractivity contribution in [3.8, 4) is 0 Å². The second-order valence-electron chi connectivity index (χ2n) is 9.37. The first-order valence-electron chi connectivity index (χ1n) is 13.6. The monoisotopic (exact) mass is 516 g/mol. The number of likely N-dealkylation sites (N-methyl/N-ethyl adjacent to an activating group) is 2. The summed E-state index contributed by atoms with van der Waals surface area (Å²) in [5.41, 5.74) is -0.607. The standard InChI is InChI=1S/C21H38N4O6.C3H8.C2H6/c1-6-22-14-17(26)24(19(22)28)16(3)8-10-30-12-13-31-11-9-21(4,5)25-18(27)15-23(7-2)20(25)29;1-3-2;1-2/h16,19,28H,6-15H2,1-5H3;3H2,1-2H3;1-2H3. The van der Waals surface area contributed by atoms with Gasteiger partial charge in [-0.05, 0) is 40.5 Å². The molecule has 2 aliphatic heterocycles. The second-order valence-corrected chi connectivity index (χ2v) is 9.37. The summed E-state index contributed by atoms with van der Waals surface area (Å²) in [4.78, 5) is 42.7. The zero-order chi connectivity index (χ0) is 27.9. The number of urea groups is 1. The Bertz CT molecular complexity index is 660. The van der Waals surface area contributed by atoms with Crippen molar-refractivity contribution in [2.24, 2.45) is 0 Å². The zero-order valence-corrected chi connectivity index (χ0v) is 24.2. The molecule has 0 spiro atoms. The molecule has 1 N–H and O–H groups in total. The van der Waals surface area contributed by atoms with Crippen LogP contribution in [0.2, 0.25) is 0 Å². The van der Waals surface area contributed by atoms with Gasteiger partial charge in [-0.1, -0.05) is 41.0 Å². The fraction of sp³-hybridized carbons (Fsp3) is 0.885. The van der Waals surface area contributed by atoms with Crippen molar-refractivity contribution in [1.29, 1.82) is 0 Å². The van der Waals surface area contributed by atoms with E-state index >= 15 is 0 Å². The molecule has 0 bridgehead atoms. The minimum atomic E-state index is -0.863. The number of hydrogen-bond donors (Lipinski definition) is 1. The number of aliphatic hydroxyl groups is 1. The average molecular weight is 517 g/mol. The minimum Gasteiger partial charge on any atom is -0.379 e. The van der Waals surface area contributed by atoms with Gasteiger partial charge in [-0.3, -0.25) is 19.4 Å².